The maximum absolute atomic E-state index is 11.5. The topological polar surface area (TPSA) is 66.0 Å². The van der Waals surface area contributed by atoms with Gasteiger partial charge in [-0.1, -0.05) is 6.92 Å². The van der Waals surface area contributed by atoms with Gasteiger partial charge in [-0.3, -0.25) is 4.79 Å². The van der Waals surface area contributed by atoms with Gasteiger partial charge in [-0.15, -0.1) is 24.0 Å². The van der Waals surface area contributed by atoms with Crippen LogP contribution in [0.3, 0.4) is 0 Å². The predicted molar refractivity (Wildman–Crippen MR) is 101 cm³/mol. The highest BCUT2D eigenvalue weighted by atomic mass is 127. The zero-order chi connectivity index (χ0) is 15.5. The number of guanidine groups is 1. The zero-order valence-corrected chi connectivity index (χ0v) is 16.4. The molecule has 130 valence electrons. The summed E-state index contributed by atoms with van der Waals surface area (Å²) in [5.41, 5.74) is 0. The Labute approximate surface area is 151 Å². The second-order valence-electron chi connectivity index (χ2n) is 5.68. The number of rotatable bonds is 10. The largest absolute Gasteiger partial charge is 0.381 e. The average Bonchev–Trinajstić information content (AvgIpc) is 3.28. The van der Waals surface area contributed by atoms with Crippen LogP contribution in [0.25, 0.3) is 0 Å². The molecule has 1 amide bonds. The molecule has 1 rings (SSSR count). The van der Waals surface area contributed by atoms with Gasteiger partial charge in [-0.2, -0.15) is 0 Å². The van der Waals surface area contributed by atoms with E-state index in [9.17, 15) is 4.79 Å². The van der Waals surface area contributed by atoms with Crippen LogP contribution >= 0.6 is 24.0 Å². The van der Waals surface area contributed by atoms with E-state index < -0.39 is 0 Å². The van der Waals surface area contributed by atoms with Gasteiger partial charge in [0.15, 0.2) is 5.96 Å². The number of carbonyl (C=O) groups excluding carboxylic acids is 1. The van der Waals surface area contributed by atoms with Gasteiger partial charge in [0, 0.05) is 40.4 Å². The standard InChI is InChI=1S/C15H30N4O2.HI/c1-4-8-16-15(18-11-14(20)19(2)3)17-9-5-10-21-12-13-6-7-13;/h13H,4-12H2,1-3H3,(H2,16,17,18);1H. The molecule has 22 heavy (non-hydrogen) atoms. The maximum atomic E-state index is 11.5. The number of aliphatic imine (C=N–C) groups is 1. The van der Waals surface area contributed by atoms with Gasteiger partial charge in [0.2, 0.25) is 5.91 Å². The Morgan fingerprint density at radius 3 is 2.55 bits per heavy atom. The van der Waals surface area contributed by atoms with E-state index in [1.807, 2.05) is 0 Å². The Morgan fingerprint density at radius 2 is 1.95 bits per heavy atom. The number of halogens is 1. The quantitative estimate of drug-likeness (QED) is 0.240. The third kappa shape index (κ3) is 11.1. The van der Waals surface area contributed by atoms with Gasteiger partial charge >= 0.3 is 0 Å². The van der Waals surface area contributed by atoms with Crippen molar-refractivity contribution in [1.82, 2.24) is 15.5 Å². The van der Waals surface area contributed by atoms with E-state index in [-0.39, 0.29) is 36.4 Å². The summed E-state index contributed by atoms with van der Waals surface area (Å²) in [6, 6.07) is 0. The van der Waals surface area contributed by atoms with Crippen molar-refractivity contribution >= 4 is 35.8 Å². The average molecular weight is 426 g/mol. The van der Waals surface area contributed by atoms with Crippen LogP contribution in [0.1, 0.15) is 32.6 Å². The van der Waals surface area contributed by atoms with E-state index in [1.54, 1.807) is 19.0 Å². The van der Waals surface area contributed by atoms with Gasteiger partial charge < -0.3 is 20.3 Å². The molecule has 1 fully saturated rings. The van der Waals surface area contributed by atoms with Crippen molar-refractivity contribution < 1.29 is 9.53 Å². The molecular formula is C15H31IN4O2. The fourth-order valence-corrected chi connectivity index (χ4v) is 1.62. The monoisotopic (exact) mass is 426 g/mol. The third-order valence-electron chi connectivity index (χ3n) is 3.22. The number of hydrogen-bond acceptors (Lipinski definition) is 3. The Balaban J connectivity index is 0.00000441. The summed E-state index contributed by atoms with van der Waals surface area (Å²) in [6.45, 7) is 5.61. The van der Waals surface area contributed by atoms with Crippen LogP contribution in [0.4, 0.5) is 0 Å². The fourth-order valence-electron chi connectivity index (χ4n) is 1.62. The van der Waals surface area contributed by atoms with Crippen molar-refractivity contribution in [2.75, 3.05) is 46.9 Å². The Bertz CT molecular complexity index is 334. The first kappa shape index (κ1) is 21.4. The first-order valence-electron chi connectivity index (χ1n) is 7.93. The molecule has 0 aromatic carbocycles. The fraction of sp³-hybridized carbons (Fsp3) is 0.867. The van der Waals surface area contributed by atoms with Crippen molar-refractivity contribution in [2.45, 2.75) is 32.6 Å². The molecule has 0 atom stereocenters. The number of likely N-dealkylation sites (N-methyl/N-ethyl adjacent to an activating group) is 1. The summed E-state index contributed by atoms with van der Waals surface area (Å²) in [5.74, 6) is 1.52. The molecule has 0 unspecified atom stereocenters. The van der Waals surface area contributed by atoms with Crippen LogP contribution in [0, 0.1) is 5.92 Å². The smallest absolute Gasteiger partial charge is 0.243 e. The molecule has 2 N–H and O–H groups in total. The van der Waals surface area contributed by atoms with E-state index in [1.165, 1.54) is 12.8 Å². The molecular weight excluding hydrogens is 395 g/mol. The van der Waals surface area contributed by atoms with Crippen LogP contribution < -0.4 is 10.6 Å². The van der Waals surface area contributed by atoms with Crippen LogP contribution in [-0.4, -0.2) is 63.7 Å². The lowest BCUT2D eigenvalue weighted by atomic mass is 10.4. The minimum Gasteiger partial charge on any atom is -0.381 e. The molecule has 0 aliphatic heterocycles. The van der Waals surface area contributed by atoms with Crippen molar-refractivity contribution in [3.63, 3.8) is 0 Å². The summed E-state index contributed by atoms with van der Waals surface area (Å²) in [4.78, 5) is 17.4. The van der Waals surface area contributed by atoms with E-state index in [2.05, 4.69) is 22.5 Å². The van der Waals surface area contributed by atoms with Gasteiger partial charge in [0.1, 0.15) is 6.54 Å². The van der Waals surface area contributed by atoms with Crippen LogP contribution in [-0.2, 0) is 9.53 Å². The Hall–Kier alpha value is -0.570. The van der Waals surface area contributed by atoms with Crippen LogP contribution in [0.15, 0.2) is 4.99 Å². The minimum absolute atomic E-state index is 0. The number of hydrogen-bond donors (Lipinski definition) is 2. The normalized spacial score (nSPS) is 14.2. The summed E-state index contributed by atoms with van der Waals surface area (Å²) in [6.07, 6.45) is 4.62. The molecule has 0 bridgehead atoms. The maximum Gasteiger partial charge on any atom is 0.243 e. The first-order valence-corrected chi connectivity index (χ1v) is 7.93. The van der Waals surface area contributed by atoms with E-state index in [4.69, 9.17) is 4.74 Å². The summed E-state index contributed by atoms with van der Waals surface area (Å²) < 4.78 is 5.59. The second kappa shape index (κ2) is 12.9. The Kier molecular flexibility index (Phi) is 12.6. The van der Waals surface area contributed by atoms with E-state index in [0.29, 0.717) is 5.96 Å². The first-order chi connectivity index (χ1) is 10.1. The van der Waals surface area contributed by atoms with Gasteiger partial charge in [0.25, 0.3) is 0 Å². The van der Waals surface area contributed by atoms with E-state index >= 15 is 0 Å². The van der Waals surface area contributed by atoms with Crippen LogP contribution in [0.5, 0.6) is 0 Å². The summed E-state index contributed by atoms with van der Waals surface area (Å²) in [5, 5.41) is 6.45. The molecule has 1 saturated carbocycles. The molecule has 0 aromatic heterocycles. The minimum atomic E-state index is 0. The van der Waals surface area contributed by atoms with Gasteiger partial charge in [0.05, 0.1) is 0 Å². The highest BCUT2D eigenvalue weighted by molar-refractivity contribution is 14.0. The van der Waals surface area contributed by atoms with Crippen LogP contribution in [0.2, 0.25) is 0 Å². The van der Waals surface area contributed by atoms with Crippen molar-refractivity contribution in [3.05, 3.63) is 0 Å². The third-order valence-corrected chi connectivity index (χ3v) is 3.22. The van der Waals surface area contributed by atoms with Crippen molar-refractivity contribution in [2.24, 2.45) is 10.9 Å². The molecule has 1 aliphatic carbocycles. The number of ether oxygens (including phenoxy) is 1. The molecule has 0 radical (unpaired) electrons. The molecule has 0 heterocycles. The molecule has 7 heteroatoms. The number of amides is 1. The Morgan fingerprint density at radius 1 is 1.27 bits per heavy atom. The highest BCUT2D eigenvalue weighted by Gasteiger charge is 2.20. The van der Waals surface area contributed by atoms with Crippen molar-refractivity contribution in [1.29, 1.82) is 0 Å². The van der Waals surface area contributed by atoms with Gasteiger partial charge in [-0.05, 0) is 31.6 Å². The number of nitrogens with one attached hydrogen (secondary N) is 2. The second-order valence-corrected chi connectivity index (χ2v) is 5.68. The SMILES string of the molecule is CCCNC(=NCC(=O)N(C)C)NCCCOCC1CC1.I. The lowest BCUT2D eigenvalue weighted by molar-refractivity contribution is -0.127. The van der Waals surface area contributed by atoms with E-state index in [0.717, 1.165) is 45.1 Å². The molecule has 1 aliphatic rings. The molecule has 0 aromatic rings. The van der Waals surface area contributed by atoms with Crippen molar-refractivity contribution in [3.8, 4) is 0 Å². The number of nitrogens with zero attached hydrogens (tertiary/aromatic N) is 2. The lowest BCUT2D eigenvalue weighted by Crippen LogP contribution is -2.39. The summed E-state index contributed by atoms with van der Waals surface area (Å²) in [7, 11) is 3.48. The zero-order valence-electron chi connectivity index (χ0n) is 14.1. The van der Waals surface area contributed by atoms with Gasteiger partial charge in [-0.25, -0.2) is 4.99 Å². The molecule has 0 spiro atoms. The lowest BCUT2D eigenvalue weighted by Gasteiger charge is -2.13. The molecule has 6 nitrogen and oxygen atoms in total. The summed E-state index contributed by atoms with van der Waals surface area (Å²) >= 11 is 0. The molecule has 0 saturated heterocycles. The predicted octanol–water partition coefficient (Wildman–Crippen LogP) is 1.45. The number of carbonyl (C=O) groups is 1. The highest BCUT2D eigenvalue weighted by Crippen LogP contribution is 2.28.